The average molecular weight is 235 g/mol. The Bertz CT molecular complexity index is 532. The molecule has 0 fully saturated rings. The molecule has 7 heteroatoms. The Balaban J connectivity index is 2.00. The van der Waals surface area contributed by atoms with E-state index in [0.29, 0.717) is 5.69 Å². The number of aryl methyl sites for hydroxylation is 1. The van der Waals surface area contributed by atoms with Crippen LogP contribution in [-0.2, 0) is 0 Å². The van der Waals surface area contributed by atoms with E-state index in [1.165, 1.54) is 11.3 Å². The zero-order chi connectivity index (χ0) is 11.1. The number of aromatic nitrogens is 3. The molecule has 0 spiro atoms. The van der Waals surface area contributed by atoms with E-state index in [0.717, 1.165) is 16.3 Å². The van der Waals surface area contributed by atoms with Crippen LogP contribution >= 0.6 is 11.3 Å². The first-order valence-corrected chi connectivity index (χ1v) is 5.64. The molecular formula is C9H9N5OS. The van der Waals surface area contributed by atoms with E-state index in [1.54, 1.807) is 11.7 Å². The number of thiazole rings is 1. The number of nitrogens with zero attached hydrogens (tertiary/aromatic N) is 2. The fourth-order valence-corrected chi connectivity index (χ4v) is 2.28. The van der Waals surface area contributed by atoms with Crippen molar-refractivity contribution in [3.8, 4) is 0 Å². The quantitative estimate of drug-likeness (QED) is 0.689. The summed E-state index contributed by atoms with van der Waals surface area (Å²) < 4.78 is 0. The van der Waals surface area contributed by atoms with Gasteiger partial charge in [-0.25, -0.2) is 0 Å². The molecule has 3 heterocycles. The summed E-state index contributed by atoms with van der Waals surface area (Å²) in [6.07, 6.45) is 1.52. The van der Waals surface area contributed by atoms with Gasteiger partial charge in [0.05, 0.1) is 21.8 Å². The summed E-state index contributed by atoms with van der Waals surface area (Å²) in [6.45, 7) is 1.88. The maximum absolute atomic E-state index is 11.8. The number of H-pyrrole nitrogens is 1. The zero-order valence-corrected chi connectivity index (χ0v) is 9.26. The molecule has 2 aromatic heterocycles. The lowest BCUT2D eigenvalue weighted by Gasteiger charge is -2.24. The molecule has 16 heavy (non-hydrogen) atoms. The van der Waals surface area contributed by atoms with Gasteiger partial charge in [0.15, 0.2) is 5.69 Å². The van der Waals surface area contributed by atoms with Crippen LogP contribution < -0.4 is 10.6 Å². The van der Waals surface area contributed by atoms with Crippen LogP contribution in [0.2, 0.25) is 0 Å². The molecular weight excluding hydrogens is 226 g/mol. The van der Waals surface area contributed by atoms with Gasteiger partial charge in [0.2, 0.25) is 0 Å². The molecule has 0 radical (unpaired) electrons. The van der Waals surface area contributed by atoms with Crippen LogP contribution in [0.4, 0.5) is 5.69 Å². The Morgan fingerprint density at radius 3 is 3.06 bits per heavy atom. The maximum atomic E-state index is 11.8. The molecule has 0 aliphatic carbocycles. The fraction of sp³-hybridized carbons (Fsp3) is 0.222. The first kappa shape index (κ1) is 9.34. The normalized spacial score (nSPS) is 18.8. The van der Waals surface area contributed by atoms with Gasteiger partial charge < -0.3 is 10.6 Å². The maximum Gasteiger partial charge on any atom is 0.275 e. The summed E-state index contributed by atoms with van der Waals surface area (Å²) in [7, 11) is 0. The van der Waals surface area contributed by atoms with Crippen LogP contribution in [-0.4, -0.2) is 21.1 Å². The van der Waals surface area contributed by atoms with E-state index >= 15 is 0 Å². The lowest BCUT2D eigenvalue weighted by atomic mass is 10.2. The van der Waals surface area contributed by atoms with Crippen LogP contribution in [0, 0.1) is 6.92 Å². The first-order chi connectivity index (χ1) is 7.75. The molecule has 1 amide bonds. The third-order valence-corrected chi connectivity index (χ3v) is 3.30. The van der Waals surface area contributed by atoms with Crippen LogP contribution in [0.15, 0.2) is 11.7 Å². The van der Waals surface area contributed by atoms with E-state index in [2.05, 4.69) is 25.8 Å². The second kappa shape index (κ2) is 3.31. The van der Waals surface area contributed by atoms with Crippen LogP contribution in [0.1, 0.15) is 27.2 Å². The lowest BCUT2D eigenvalue weighted by Crippen LogP contribution is -2.38. The van der Waals surface area contributed by atoms with Crippen LogP contribution in [0.25, 0.3) is 0 Å². The van der Waals surface area contributed by atoms with E-state index in [1.807, 2.05) is 6.92 Å². The van der Waals surface area contributed by atoms with Crippen molar-refractivity contribution in [2.75, 3.05) is 5.32 Å². The van der Waals surface area contributed by atoms with Crippen molar-refractivity contribution in [2.45, 2.75) is 13.1 Å². The van der Waals surface area contributed by atoms with Crippen molar-refractivity contribution in [1.29, 1.82) is 0 Å². The Labute approximate surface area is 95.1 Å². The molecule has 0 unspecified atom stereocenters. The molecule has 1 atom stereocenters. The van der Waals surface area contributed by atoms with E-state index < -0.39 is 0 Å². The summed E-state index contributed by atoms with van der Waals surface area (Å²) in [4.78, 5) is 16.7. The van der Waals surface area contributed by atoms with E-state index in [-0.39, 0.29) is 12.1 Å². The number of rotatable bonds is 1. The number of anilines is 1. The van der Waals surface area contributed by atoms with Gasteiger partial charge in [0.1, 0.15) is 6.17 Å². The second-order valence-corrected chi connectivity index (χ2v) is 4.44. The number of hydrogen-bond donors (Lipinski definition) is 3. The Morgan fingerprint density at radius 2 is 2.31 bits per heavy atom. The minimum absolute atomic E-state index is 0.170. The second-order valence-electron chi connectivity index (χ2n) is 3.53. The molecule has 2 aromatic rings. The monoisotopic (exact) mass is 235 g/mol. The number of carbonyl (C=O) groups excluding carboxylic acids is 1. The molecule has 1 aliphatic heterocycles. The topological polar surface area (TPSA) is 82.7 Å². The molecule has 3 rings (SSSR count). The first-order valence-electron chi connectivity index (χ1n) is 4.76. The predicted molar refractivity (Wildman–Crippen MR) is 59.3 cm³/mol. The van der Waals surface area contributed by atoms with E-state index in [9.17, 15) is 4.79 Å². The molecule has 1 aliphatic rings. The number of hydrogen-bond acceptors (Lipinski definition) is 5. The molecule has 0 saturated carbocycles. The SMILES string of the molecule is Cc1[nH]nc2c1N[C@@H](c1cncs1)NC2=O. The minimum atomic E-state index is -0.219. The van der Waals surface area contributed by atoms with Crippen molar-refractivity contribution in [3.63, 3.8) is 0 Å². The highest BCUT2D eigenvalue weighted by Crippen LogP contribution is 2.28. The van der Waals surface area contributed by atoms with Crippen molar-refractivity contribution in [1.82, 2.24) is 20.5 Å². The van der Waals surface area contributed by atoms with Crippen molar-refractivity contribution >= 4 is 22.9 Å². The summed E-state index contributed by atoms with van der Waals surface area (Å²) in [5, 5.41) is 12.8. The van der Waals surface area contributed by atoms with Crippen molar-refractivity contribution < 1.29 is 4.79 Å². The van der Waals surface area contributed by atoms with Gasteiger partial charge in [-0.2, -0.15) is 5.10 Å². The highest BCUT2D eigenvalue weighted by molar-refractivity contribution is 7.09. The smallest absolute Gasteiger partial charge is 0.275 e. The third kappa shape index (κ3) is 1.28. The molecule has 3 N–H and O–H groups in total. The van der Waals surface area contributed by atoms with Crippen LogP contribution in [0.3, 0.4) is 0 Å². The van der Waals surface area contributed by atoms with Gasteiger partial charge in [-0.1, -0.05) is 0 Å². The van der Waals surface area contributed by atoms with Crippen molar-refractivity contribution in [2.24, 2.45) is 0 Å². The third-order valence-electron chi connectivity index (χ3n) is 2.46. The number of amides is 1. The summed E-state index contributed by atoms with van der Waals surface area (Å²) in [6, 6.07) is 0. The highest BCUT2D eigenvalue weighted by atomic mass is 32.1. The fourth-order valence-electron chi connectivity index (χ4n) is 1.66. The molecule has 0 bridgehead atoms. The molecule has 0 aromatic carbocycles. The predicted octanol–water partition coefficient (Wildman–Crippen LogP) is 1.03. The van der Waals surface area contributed by atoms with E-state index in [4.69, 9.17) is 0 Å². The van der Waals surface area contributed by atoms with Gasteiger partial charge >= 0.3 is 0 Å². The largest absolute Gasteiger partial charge is 0.357 e. The van der Waals surface area contributed by atoms with Gasteiger partial charge in [-0.3, -0.25) is 14.9 Å². The lowest BCUT2D eigenvalue weighted by molar-refractivity contribution is 0.0931. The molecule has 82 valence electrons. The Hall–Kier alpha value is -1.89. The van der Waals surface area contributed by atoms with Crippen LogP contribution in [0.5, 0.6) is 0 Å². The molecule has 6 nitrogen and oxygen atoms in total. The number of carbonyl (C=O) groups is 1. The summed E-state index contributed by atoms with van der Waals surface area (Å²) in [5.41, 5.74) is 3.78. The number of fused-ring (bicyclic) bond motifs is 1. The Morgan fingerprint density at radius 1 is 1.44 bits per heavy atom. The van der Waals surface area contributed by atoms with Crippen molar-refractivity contribution in [3.05, 3.63) is 28.0 Å². The van der Waals surface area contributed by atoms with Gasteiger partial charge in [-0.15, -0.1) is 11.3 Å². The number of nitrogens with one attached hydrogen (secondary N) is 3. The van der Waals surface area contributed by atoms with Gasteiger partial charge in [0, 0.05) is 6.20 Å². The van der Waals surface area contributed by atoms with Gasteiger partial charge in [-0.05, 0) is 6.92 Å². The summed E-state index contributed by atoms with van der Waals surface area (Å²) >= 11 is 1.50. The summed E-state index contributed by atoms with van der Waals surface area (Å²) in [5.74, 6) is -0.170. The average Bonchev–Trinajstić information content (AvgIpc) is 2.88. The molecule has 0 saturated heterocycles. The highest BCUT2D eigenvalue weighted by Gasteiger charge is 2.28. The Kier molecular flexibility index (Phi) is 1.93. The standard InChI is InChI=1S/C9H9N5OS/c1-4-6-7(14-13-4)9(15)12-8(11-6)5-2-10-3-16-5/h2-3,8,11H,1H3,(H,12,15)(H,13,14)/t8-/m1/s1. The van der Waals surface area contributed by atoms with Gasteiger partial charge in [0.25, 0.3) is 5.91 Å². The zero-order valence-electron chi connectivity index (χ0n) is 8.44. The number of aromatic amines is 1. The minimum Gasteiger partial charge on any atom is -0.357 e.